The zero-order valence-corrected chi connectivity index (χ0v) is 26.3. The molecule has 0 bridgehead atoms. The highest BCUT2D eigenvalue weighted by Gasteiger charge is 2.28. The third-order valence-electron chi connectivity index (χ3n) is 8.53. The van der Waals surface area contributed by atoms with Crippen LogP contribution in [0.15, 0.2) is 35.2 Å². The summed E-state index contributed by atoms with van der Waals surface area (Å²) in [7, 11) is 4.09. The standard InChI is InChI=1S/C32H46F2N8O3/c1-35-12-3-15-44-16-4-14-41(2)19-23-7-9-25(10-8-23)42-20-26(29(40-42)30(33)34)38-31(43)27-21-45-32(39-27)24-11-13-36-28(17-24)37-18-22-5-6-22/h11,13,17,20-23,25,30,35H,3-10,12,14-16,18-19H2,1-2H3,(H,36,37)(H,38,43)/t23-,25-. The summed E-state index contributed by atoms with van der Waals surface area (Å²) < 4.78 is 40.8. The van der Waals surface area contributed by atoms with Gasteiger partial charge in [0.1, 0.15) is 12.1 Å². The van der Waals surface area contributed by atoms with E-state index in [0.717, 1.165) is 77.9 Å². The van der Waals surface area contributed by atoms with E-state index in [1.807, 2.05) is 13.1 Å². The molecule has 13 heteroatoms. The number of halogens is 2. The normalized spacial score (nSPS) is 18.5. The summed E-state index contributed by atoms with van der Waals surface area (Å²) in [5, 5.41) is 13.2. The fraction of sp³-hybridized carbons (Fsp3) is 0.625. The molecule has 0 unspecified atom stereocenters. The van der Waals surface area contributed by atoms with E-state index in [4.69, 9.17) is 9.15 Å². The molecule has 3 N–H and O–H groups in total. The average Bonchev–Trinajstić information content (AvgIpc) is 3.56. The van der Waals surface area contributed by atoms with Gasteiger partial charge in [-0.2, -0.15) is 5.10 Å². The minimum absolute atomic E-state index is 0.00717. The molecule has 3 heterocycles. The molecule has 3 aromatic heterocycles. The third-order valence-corrected chi connectivity index (χ3v) is 8.53. The van der Waals surface area contributed by atoms with E-state index < -0.39 is 18.0 Å². The summed E-state index contributed by atoms with van der Waals surface area (Å²) in [5.74, 6) is 1.56. The molecule has 0 radical (unpaired) electrons. The topological polar surface area (TPSA) is 122 Å². The Bertz CT molecular complexity index is 1350. The Morgan fingerprint density at radius 2 is 1.93 bits per heavy atom. The summed E-state index contributed by atoms with van der Waals surface area (Å²) in [6.45, 7) is 5.38. The van der Waals surface area contributed by atoms with Gasteiger partial charge in [-0.1, -0.05) is 0 Å². The average molecular weight is 629 g/mol. The van der Waals surface area contributed by atoms with Gasteiger partial charge in [0.25, 0.3) is 12.3 Å². The number of hydrogen-bond acceptors (Lipinski definition) is 9. The van der Waals surface area contributed by atoms with Crippen LogP contribution in [0.5, 0.6) is 0 Å². The van der Waals surface area contributed by atoms with E-state index in [2.05, 4.69) is 43.0 Å². The zero-order valence-electron chi connectivity index (χ0n) is 26.3. The van der Waals surface area contributed by atoms with Crippen LogP contribution in [0.4, 0.5) is 20.3 Å². The Labute approximate surface area is 263 Å². The molecule has 2 fully saturated rings. The summed E-state index contributed by atoms with van der Waals surface area (Å²) in [6, 6.07) is 3.56. The van der Waals surface area contributed by atoms with E-state index in [9.17, 15) is 13.6 Å². The predicted octanol–water partition coefficient (Wildman–Crippen LogP) is 5.62. The van der Waals surface area contributed by atoms with Gasteiger partial charge < -0.3 is 30.0 Å². The van der Waals surface area contributed by atoms with E-state index in [-0.39, 0.29) is 23.3 Å². The minimum atomic E-state index is -2.83. The Morgan fingerprint density at radius 3 is 2.69 bits per heavy atom. The van der Waals surface area contributed by atoms with Crippen molar-refractivity contribution in [3.05, 3.63) is 42.2 Å². The second-order valence-corrected chi connectivity index (χ2v) is 12.3. The molecule has 0 saturated heterocycles. The molecule has 11 nitrogen and oxygen atoms in total. The number of hydrogen-bond donors (Lipinski definition) is 3. The lowest BCUT2D eigenvalue weighted by Gasteiger charge is -2.31. The summed E-state index contributed by atoms with van der Waals surface area (Å²) in [6.07, 6.45) is 9.73. The van der Waals surface area contributed by atoms with Gasteiger partial charge in [0.05, 0.1) is 11.7 Å². The van der Waals surface area contributed by atoms with Gasteiger partial charge in [-0.25, -0.2) is 18.7 Å². The van der Waals surface area contributed by atoms with E-state index >= 15 is 0 Å². The SMILES string of the molecule is CNCCCOCCCN(C)C[C@H]1CC[C@H](n2cc(NC(=O)c3coc(-c4ccnc(NCC5CC5)c4)n3)c(C(F)F)n2)CC1. The quantitative estimate of drug-likeness (QED) is 0.154. The fourth-order valence-corrected chi connectivity index (χ4v) is 5.79. The van der Waals surface area contributed by atoms with Crippen molar-refractivity contribution in [2.24, 2.45) is 11.8 Å². The molecule has 0 atom stereocenters. The first-order chi connectivity index (χ1) is 21.9. The number of ether oxygens (including phenoxy) is 1. The number of nitrogens with zero attached hydrogens (tertiary/aromatic N) is 5. The number of oxazole rings is 1. The van der Waals surface area contributed by atoms with Gasteiger partial charge in [-0.05, 0) is 96.0 Å². The number of amides is 1. The molecule has 0 aromatic carbocycles. The molecule has 2 aliphatic rings. The molecule has 5 rings (SSSR count). The Hall–Kier alpha value is -3.42. The van der Waals surface area contributed by atoms with Crippen molar-refractivity contribution in [1.29, 1.82) is 0 Å². The van der Waals surface area contributed by atoms with Gasteiger partial charge in [-0.3, -0.25) is 9.48 Å². The Balaban J connectivity index is 1.11. The minimum Gasteiger partial charge on any atom is -0.444 e. The maximum atomic E-state index is 14.0. The number of carbonyl (C=O) groups excluding carboxylic acids is 1. The van der Waals surface area contributed by atoms with Crippen LogP contribution < -0.4 is 16.0 Å². The molecule has 2 saturated carbocycles. The van der Waals surface area contributed by atoms with E-state index in [1.165, 1.54) is 25.3 Å². The predicted molar refractivity (Wildman–Crippen MR) is 169 cm³/mol. The van der Waals surface area contributed by atoms with Gasteiger partial charge in [0.2, 0.25) is 5.89 Å². The molecule has 45 heavy (non-hydrogen) atoms. The first-order valence-electron chi connectivity index (χ1n) is 16.1. The van der Waals surface area contributed by atoms with Gasteiger partial charge in [0.15, 0.2) is 11.4 Å². The lowest BCUT2D eigenvalue weighted by Crippen LogP contribution is -2.30. The highest BCUT2D eigenvalue weighted by molar-refractivity contribution is 6.03. The molecule has 1 amide bonds. The van der Waals surface area contributed by atoms with Crippen LogP contribution in [0.25, 0.3) is 11.5 Å². The monoisotopic (exact) mass is 628 g/mol. The maximum absolute atomic E-state index is 14.0. The number of alkyl halides is 2. The molecular weight excluding hydrogens is 582 g/mol. The smallest absolute Gasteiger partial charge is 0.284 e. The maximum Gasteiger partial charge on any atom is 0.284 e. The molecule has 3 aromatic rings. The molecule has 2 aliphatic carbocycles. The largest absolute Gasteiger partial charge is 0.444 e. The lowest BCUT2D eigenvalue weighted by molar-refractivity contribution is 0.102. The van der Waals surface area contributed by atoms with Crippen molar-refractivity contribution in [1.82, 2.24) is 30.0 Å². The summed E-state index contributed by atoms with van der Waals surface area (Å²) >= 11 is 0. The van der Waals surface area contributed by atoms with E-state index in [0.29, 0.717) is 23.2 Å². The number of carbonyl (C=O) groups is 1. The summed E-state index contributed by atoms with van der Waals surface area (Å²) in [4.78, 5) is 24.0. The number of aromatic nitrogens is 4. The Kier molecular flexibility index (Phi) is 11.9. The van der Waals surface area contributed by atoms with Crippen molar-refractivity contribution >= 4 is 17.4 Å². The fourth-order valence-electron chi connectivity index (χ4n) is 5.79. The van der Waals surface area contributed by atoms with Crippen molar-refractivity contribution in [3.63, 3.8) is 0 Å². The van der Waals surface area contributed by atoms with Gasteiger partial charge >= 0.3 is 0 Å². The van der Waals surface area contributed by atoms with Crippen LogP contribution in [0.2, 0.25) is 0 Å². The van der Waals surface area contributed by atoms with Crippen LogP contribution in [0.1, 0.15) is 80.0 Å². The number of rotatable bonds is 18. The highest BCUT2D eigenvalue weighted by Crippen LogP contribution is 2.35. The van der Waals surface area contributed by atoms with Gasteiger partial charge in [-0.15, -0.1) is 0 Å². The molecular formula is C32H46F2N8O3. The number of nitrogens with one attached hydrogen (secondary N) is 3. The highest BCUT2D eigenvalue weighted by atomic mass is 19.3. The third kappa shape index (κ3) is 9.78. The van der Waals surface area contributed by atoms with Crippen molar-refractivity contribution < 1.29 is 22.7 Å². The van der Waals surface area contributed by atoms with Gasteiger partial charge in [0, 0.05) is 50.8 Å². The summed E-state index contributed by atoms with van der Waals surface area (Å²) in [5.41, 5.74) is 0.204. The van der Waals surface area contributed by atoms with Crippen LogP contribution in [-0.4, -0.2) is 84.0 Å². The van der Waals surface area contributed by atoms with E-state index in [1.54, 1.807) is 16.9 Å². The van der Waals surface area contributed by atoms with Crippen molar-refractivity contribution in [3.8, 4) is 11.5 Å². The van der Waals surface area contributed by atoms with Crippen molar-refractivity contribution in [2.45, 2.75) is 63.8 Å². The second kappa shape index (κ2) is 16.2. The molecule has 0 aliphatic heterocycles. The van der Waals surface area contributed by atoms with Crippen LogP contribution >= 0.6 is 0 Å². The first kappa shape index (κ1) is 33.0. The number of pyridine rings is 1. The Morgan fingerprint density at radius 1 is 1.16 bits per heavy atom. The van der Waals surface area contributed by atoms with Crippen LogP contribution in [-0.2, 0) is 4.74 Å². The van der Waals surface area contributed by atoms with Crippen molar-refractivity contribution in [2.75, 3.05) is 64.1 Å². The second-order valence-electron chi connectivity index (χ2n) is 12.3. The number of anilines is 2. The van der Waals surface area contributed by atoms with Crippen LogP contribution in [0.3, 0.4) is 0 Å². The first-order valence-corrected chi connectivity index (χ1v) is 16.1. The molecule has 246 valence electrons. The van der Waals surface area contributed by atoms with Crippen LogP contribution in [0, 0.1) is 11.8 Å². The zero-order chi connectivity index (χ0) is 31.6. The lowest BCUT2D eigenvalue weighted by atomic mass is 9.86. The molecule has 0 spiro atoms.